The molecule has 2 N–H and O–H groups in total. The molecule has 0 spiro atoms. The van der Waals surface area contributed by atoms with Gasteiger partial charge in [0, 0.05) is 12.2 Å². The van der Waals surface area contributed by atoms with Crippen LogP contribution in [0.3, 0.4) is 0 Å². The Morgan fingerprint density at radius 1 is 1.28 bits per heavy atom. The smallest absolute Gasteiger partial charge is 0.341 e. The van der Waals surface area contributed by atoms with Crippen LogP contribution >= 0.6 is 11.6 Å². The van der Waals surface area contributed by atoms with Gasteiger partial charge in [-0.1, -0.05) is 11.6 Å². The second kappa shape index (κ2) is 7.43. The average molecular weight is 368 g/mol. The van der Waals surface area contributed by atoms with Crippen LogP contribution in [-0.2, 0) is 4.74 Å². The molecule has 0 atom stereocenters. The number of carboxylic acid groups (broad SMARTS) is 1. The lowest BCUT2D eigenvalue weighted by molar-refractivity contribution is 0.0694. The van der Waals surface area contributed by atoms with E-state index in [0.29, 0.717) is 16.3 Å². The number of aromatic carboxylic acids is 1. The molecule has 0 radical (unpaired) electrons. The first-order valence-corrected chi connectivity index (χ1v) is 8.34. The Bertz CT molecular complexity index is 858. The predicted molar refractivity (Wildman–Crippen MR) is 91.8 cm³/mol. The molecular weight excluding hydrogens is 350 g/mol. The summed E-state index contributed by atoms with van der Waals surface area (Å²) in [5, 5.41) is 18.5. The number of carbonyl (C=O) groups is 1. The zero-order valence-electron chi connectivity index (χ0n) is 13.4. The van der Waals surface area contributed by atoms with Gasteiger partial charge in [-0.15, -0.1) is 0 Å². The molecule has 134 valence electrons. The maximum absolute atomic E-state index is 12.5. The fraction of sp³-hybridized carbons (Fsp3) is 0.412. The first kappa shape index (κ1) is 17.7. The summed E-state index contributed by atoms with van der Waals surface area (Å²) < 4.78 is 12.4. The van der Waals surface area contributed by atoms with Crippen molar-refractivity contribution in [2.45, 2.75) is 18.9 Å². The van der Waals surface area contributed by atoms with Gasteiger partial charge < -0.3 is 24.3 Å². The molecule has 7 nitrogen and oxygen atoms in total. The third kappa shape index (κ3) is 3.78. The quantitative estimate of drug-likeness (QED) is 0.693. The molecule has 0 amide bonds. The highest BCUT2D eigenvalue weighted by molar-refractivity contribution is 6.32. The predicted octanol–water partition coefficient (Wildman–Crippen LogP) is 2.08. The molecule has 3 rings (SSSR count). The van der Waals surface area contributed by atoms with Crippen LogP contribution < -0.4 is 10.2 Å². The highest BCUT2D eigenvalue weighted by Gasteiger charge is 2.27. The Morgan fingerprint density at radius 3 is 2.68 bits per heavy atom. The van der Waals surface area contributed by atoms with Crippen LogP contribution in [0.4, 0.5) is 0 Å². The van der Waals surface area contributed by atoms with Gasteiger partial charge in [0.25, 0.3) is 0 Å². The third-order valence-corrected chi connectivity index (χ3v) is 4.27. The Morgan fingerprint density at radius 2 is 2.04 bits per heavy atom. The minimum absolute atomic E-state index is 0.0740. The highest BCUT2D eigenvalue weighted by atomic mass is 35.5. The topological polar surface area (TPSA) is 98.0 Å². The lowest BCUT2D eigenvalue weighted by atomic mass is 10.1. The van der Waals surface area contributed by atoms with Gasteiger partial charge in [-0.2, -0.15) is 0 Å². The van der Waals surface area contributed by atoms with Crippen molar-refractivity contribution in [1.82, 2.24) is 4.57 Å². The van der Waals surface area contributed by atoms with Crippen LogP contribution in [0.15, 0.2) is 23.1 Å². The normalized spacial score (nSPS) is 14.0. The summed E-state index contributed by atoms with van der Waals surface area (Å²) in [4.78, 5) is 23.9. The largest absolute Gasteiger partial charge is 0.490 e. The zero-order chi connectivity index (χ0) is 18.0. The van der Waals surface area contributed by atoms with Gasteiger partial charge in [-0.25, -0.2) is 4.79 Å². The van der Waals surface area contributed by atoms with Gasteiger partial charge in [0.1, 0.15) is 17.9 Å². The van der Waals surface area contributed by atoms with Crippen LogP contribution in [0.5, 0.6) is 5.75 Å². The monoisotopic (exact) mass is 367 g/mol. The molecule has 1 aliphatic rings. The fourth-order valence-corrected chi connectivity index (χ4v) is 2.86. The SMILES string of the molecule is O=C(O)c1cn(C2CC2)c2cc(Cl)c(OCCOCCO)cc2c1=O. The van der Waals surface area contributed by atoms with Crippen LogP contribution in [0.2, 0.25) is 5.02 Å². The average Bonchev–Trinajstić information content (AvgIpc) is 3.40. The second-order valence-electron chi connectivity index (χ2n) is 5.80. The molecular formula is C17H18ClNO6. The number of aliphatic hydroxyl groups excluding tert-OH is 1. The summed E-state index contributed by atoms with van der Waals surface area (Å²) in [6.07, 6.45) is 3.27. The molecule has 8 heteroatoms. The van der Waals surface area contributed by atoms with Crippen molar-refractivity contribution in [3.05, 3.63) is 39.1 Å². The molecule has 0 bridgehead atoms. The number of nitrogens with zero attached hydrogens (tertiary/aromatic N) is 1. The third-order valence-electron chi connectivity index (χ3n) is 3.98. The fourth-order valence-electron chi connectivity index (χ4n) is 2.65. The van der Waals surface area contributed by atoms with Gasteiger partial charge in [0.2, 0.25) is 5.43 Å². The molecule has 0 saturated heterocycles. The first-order chi connectivity index (χ1) is 12.0. The van der Waals surface area contributed by atoms with Gasteiger partial charge in [0.05, 0.1) is 35.7 Å². The molecule has 1 heterocycles. The number of hydrogen-bond donors (Lipinski definition) is 2. The van der Waals surface area contributed by atoms with E-state index in [9.17, 15) is 14.7 Å². The highest BCUT2D eigenvalue weighted by Crippen LogP contribution is 2.38. The van der Waals surface area contributed by atoms with Gasteiger partial charge in [-0.3, -0.25) is 4.79 Å². The maximum atomic E-state index is 12.5. The molecule has 1 aliphatic carbocycles. The minimum atomic E-state index is -1.25. The number of hydrogen-bond acceptors (Lipinski definition) is 5. The van der Waals surface area contributed by atoms with E-state index in [1.54, 1.807) is 10.6 Å². The number of rotatable bonds is 8. The van der Waals surface area contributed by atoms with Crippen molar-refractivity contribution in [2.75, 3.05) is 26.4 Å². The van der Waals surface area contributed by atoms with E-state index in [2.05, 4.69) is 0 Å². The van der Waals surface area contributed by atoms with Crippen molar-refractivity contribution < 1.29 is 24.5 Å². The minimum Gasteiger partial charge on any atom is -0.490 e. The molecule has 1 aromatic carbocycles. The Balaban J connectivity index is 1.98. The summed E-state index contributed by atoms with van der Waals surface area (Å²) in [5.74, 6) is -0.958. The molecule has 0 aliphatic heterocycles. The van der Waals surface area contributed by atoms with Crippen molar-refractivity contribution >= 4 is 28.5 Å². The van der Waals surface area contributed by atoms with Crippen molar-refractivity contribution in [3.63, 3.8) is 0 Å². The summed E-state index contributed by atoms with van der Waals surface area (Å²) in [6.45, 7) is 0.593. The summed E-state index contributed by atoms with van der Waals surface area (Å²) in [7, 11) is 0. The number of aliphatic hydroxyl groups is 1. The Labute approximate surface area is 148 Å². The van der Waals surface area contributed by atoms with Crippen LogP contribution in [0.25, 0.3) is 10.9 Å². The van der Waals surface area contributed by atoms with E-state index in [1.807, 2.05) is 0 Å². The summed E-state index contributed by atoms with van der Waals surface area (Å²) >= 11 is 6.26. The van der Waals surface area contributed by atoms with E-state index in [0.717, 1.165) is 12.8 Å². The molecule has 0 unspecified atom stereocenters. The summed E-state index contributed by atoms with van der Waals surface area (Å²) in [5.41, 5.74) is -0.220. The van der Waals surface area contributed by atoms with Crippen LogP contribution in [0.1, 0.15) is 29.2 Å². The van der Waals surface area contributed by atoms with E-state index in [4.69, 9.17) is 26.2 Å². The molecule has 1 fully saturated rings. The van der Waals surface area contributed by atoms with E-state index < -0.39 is 11.4 Å². The second-order valence-corrected chi connectivity index (χ2v) is 6.21. The number of carboxylic acids is 1. The van der Waals surface area contributed by atoms with Gasteiger partial charge in [-0.05, 0) is 25.0 Å². The van der Waals surface area contributed by atoms with E-state index >= 15 is 0 Å². The number of pyridine rings is 1. The Hall–Kier alpha value is -2.09. The number of aromatic nitrogens is 1. The van der Waals surface area contributed by atoms with Gasteiger partial charge >= 0.3 is 5.97 Å². The Kier molecular flexibility index (Phi) is 5.27. The van der Waals surface area contributed by atoms with Crippen LogP contribution in [0, 0.1) is 0 Å². The summed E-state index contributed by atoms with van der Waals surface area (Å²) in [6, 6.07) is 3.31. The number of halogens is 1. The van der Waals surface area contributed by atoms with Crippen molar-refractivity contribution in [1.29, 1.82) is 0 Å². The van der Waals surface area contributed by atoms with E-state index in [1.165, 1.54) is 12.3 Å². The molecule has 2 aromatic rings. The number of benzene rings is 1. The zero-order valence-corrected chi connectivity index (χ0v) is 14.2. The lowest BCUT2D eigenvalue weighted by Gasteiger charge is -2.14. The standard InChI is InChI=1S/C17H18ClNO6/c18-13-8-14-11(7-15(13)25-6-5-24-4-3-20)16(21)12(17(22)23)9-19(14)10-1-2-10/h7-10,20H,1-6H2,(H,22,23). The van der Waals surface area contributed by atoms with Gasteiger partial charge in [0.15, 0.2) is 0 Å². The van der Waals surface area contributed by atoms with E-state index in [-0.39, 0.29) is 43.4 Å². The lowest BCUT2D eigenvalue weighted by Crippen LogP contribution is -2.19. The maximum Gasteiger partial charge on any atom is 0.341 e. The van der Waals surface area contributed by atoms with Crippen molar-refractivity contribution in [2.24, 2.45) is 0 Å². The van der Waals surface area contributed by atoms with Crippen LogP contribution in [-0.4, -0.2) is 47.2 Å². The number of ether oxygens (including phenoxy) is 2. The first-order valence-electron chi connectivity index (χ1n) is 7.96. The number of fused-ring (bicyclic) bond motifs is 1. The molecule has 1 aromatic heterocycles. The molecule has 1 saturated carbocycles. The van der Waals surface area contributed by atoms with Crippen molar-refractivity contribution in [3.8, 4) is 5.75 Å². The molecule has 25 heavy (non-hydrogen) atoms.